The van der Waals surface area contributed by atoms with Crippen molar-refractivity contribution >= 4 is 19.9 Å². The van der Waals surface area contributed by atoms with Crippen LogP contribution in [0.5, 0.6) is 11.5 Å². The number of nitrogens with one attached hydrogen (secondary N) is 1. The van der Waals surface area contributed by atoms with Gasteiger partial charge in [-0.2, -0.15) is 4.31 Å². The van der Waals surface area contributed by atoms with Crippen LogP contribution in [-0.2, 0) is 31.1 Å². The number of hydrogen-bond donors (Lipinski definition) is 3. The van der Waals surface area contributed by atoms with E-state index in [2.05, 4.69) is 5.32 Å². The second-order valence-corrected chi connectivity index (χ2v) is 15.8. The van der Waals surface area contributed by atoms with Gasteiger partial charge >= 0.3 is 0 Å². The van der Waals surface area contributed by atoms with Crippen LogP contribution >= 0.6 is 0 Å². The normalized spacial score (nSPS) is 19.3. The molecule has 0 bridgehead atoms. The van der Waals surface area contributed by atoms with Gasteiger partial charge < -0.3 is 30.4 Å². The van der Waals surface area contributed by atoms with Crippen LogP contribution in [0.2, 0.25) is 0 Å². The molecule has 2 aliphatic rings. The number of benzene rings is 3. The molecular formula is C33H43N3O8S2. The molecule has 2 atom stereocenters. The zero-order valence-electron chi connectivity index (χ0n) is 26.2. The van der Waals surface area contributed by atoms with E-state index in [1.165, 1.54) is 16.4 Å². The molecule has 46 heavy (non-hydrogen) atoms. The number of ether oxygens (including phenoxy) is 3. The summed E-state index contributed by atoms with van der Waals surface area (Å²) in [5.74, 6) is 0.699. The number of aliphatic hydroxyl groups excluding tert-OH is 1. The molecule has 0 amide bonds. The Kier molecular flexibility index (Phi) is 10.7. The molecule has 3 aromatic rings. The summed E-state index contributed by atoms with van der Waals surface area (Å²) >= 11 is 0. The van der Waals surface area contributed by atoms with Crippen LogP contribution in [-0.4, -0.2) is 89.7 Å². The van der Waals surface area contributed by atoms with Crippen molar-refractivity contribution in [2.75, 3.05) is 45.7 Å². The van der Waals surface area contributed by atoms with Crippen LogP contribution in [0.15, 0.2) is 76.5 Å². The highest BCUT2D eigenvalue weighted by atomic mass is 32.2. The van der Waals surface area contributed by atoms with Gasteiger partial charge in [0.1, 0.15) is 29.1 Å². The largest absolute Gasteiger partial charge is 0.492 e. The SMILES string of the molecule is CCOc1ccc(-c2ccc(CN)cc2)cc1S(=O)(=O)N1CCC2(CC1)C[C@H](NCC(O)COc1cccc(S(C)(=O)=O)c1)CO2. The van der Waals surface area contributed by atoms with E-state index in [1.54, 1.807) is 24.3 Å². The van der Waals surface area contributed by atoms with Crippen molar-refractivity contribution in [1.82, 2.24) is 9.62 Å². The lowest BCUT2D eigenvalue weighted by Gasteiger charge is -2.38. The number of rotatable bonds is 13. The maximum absolute atomic E-state index is 14.0. The smallest absolute Gasteiger partial charge is 0.246 e. The third-order valence-corrected chi connectivity index (χ3v) is 11.6. The minimum atomic E-state index is -3.84. The van der Waals surface area contributed by atoms with Crippen LogP contribution in [0, 0.1) is 0 Å². The van der Waals surface area contributed by atoms with Crippen molar-refractivity contribution in [3.63, 3.8) is 0 Å². The second-order valence-electron chi connectivity index (χ2n) is 11.9. The Balaban J connectivity index is 1.16. The van der Waals surface area contributed by atoms with Gasteiger partial charge in [-0.1, -0.05) is 36.4 Å². The molecule has 4 N–H and O–H groups in total. The van der Waals surface area contributed by atoms with Crippen molar-refractivity contribution in [3.05, 3.63) is 72.3 Å². The first-order valence-electron chi connectivity index (χ1n) is 15.5. The highest BCUT2D eigenvalue weighted by Crippen LogP contribution is 2.39. The van der Waals surface area contributed by atoms with Gasteiger partial charge in [-0.05, 0) is 73.2 Å². The zero-order chi connectivity index (χ0) is 33.0. The number of piperidine rings is 1. The first-order chi connectivity index (χ1) is 21.9. The van der Waals surface area contributed by atoms with Gasteiger partial charge in [0.05, 0.1) is 23.7 Å². The van der Waals surface area contributed by atoms with Crippen molar-refractivity contribution in [1.29, 1.82) is 0 Å². The van der Waals surface area contributed by atoms with Crippen LogP contribution in [0.25, 0.3) is 11.1 Å². The first-order valence-corrected chi connectivity index (χ1v) is 18.8. The van der Waals surface area contributed by atoms with Crippen LogP contribution in [0.4, 0.5) is 0 Å². The minimum absolute atomic E-state index is 0.00160. The van der Waals surface area contributed by atoms with E-state index in [9.17, 15) is 21.9 Å². The summed E-state index contributed by atoms with van der Waals surface area (Å²) in [4.78, 5) is 0.304. The van der Waals surface area contributed by atoms with Crippen molar-refractivity contribution in [2.24, 2.45) is 5.73 Å². The zero-order valence-corrected chi connectivity index (χ0v) is 27.9. The Morgan fingerprint density at radius 2 is 1.74 bits per heavy atom. The lowest BCUT2D eigenvalue weighted by atomic mass is 9.88. The lowest BCUT2D eigenvalue weighted by molar-refractivity contribution is -0.0312. The van der Waals surface area contributed by atoms with Gasteiger partial charge in [0.2, 0.25) is 10.0 Å². The van der Waals surface area contributed by atoms with Gasteiger partial charge in [-0.25, -0.2) is 16.8 Å². The van der Waals surface area contributed by atoms with Crippen molar-refractivity contribution in [2.45, 2.75) is 60.3 Å². The average Bonchev–Trinajstić information content (AvgIpc) is 3.45. The third kappa shape index (κ3) is 8.08. The van der Waals surface area contributed by atoms with E-state index in [1.807, 2.05) is 37.3 Å². The molecule has 2 saturated heterocycles. The molecule has 250 valence electrons. The van der Waals surface area contributed by atoms with Crippen LogP contribution in [0.1, 0.15) is 31.7 Å². The predicted octanol–water partition coefficient (Wildman–Crippen LogP) is 2.96. The summed E-state index contributed by atoms with van der Waals surface area (Å²) in [6.45, 7) is 3.96. The summed E-state index contributed by atoms with van der Waals surface area (Å²) in [5, 5.41) is 13.8. The number of sulfonamides is 1. The Labute approximate surface area is 271 Å². The van der Waals surface area contributed by atoms with E-state index in [0.29, 0.717) is 63.6 Å². The summed E-state index contributed by atoms with van der Waals surface area (Å²) < 4.78 is 70.6. The molecule has 0 aromatic heterocycles. The van der Waals surface area contributed by atoms with Crippen molar-refractivity contribution in [3.8, 4) is 22.6 Å². The highest BCUT2D eigenvalue weighted by molar-refractivity contribution is 7.90. The molecule has 1 spiro atoms. The minimum Gasteiger partial charge on any atom is -0.492 e. The highest BCUT2D eigenvalue weighted by Gasteiger charge is 2.45. The molecule has 2 fully saturated rings. The monoisotopic (exact) mass is 673 g/mol. The number of nitrogens with zero attached hydrogens (tertiary/aromatic N) is 1. The number of nitrogens with two attached hydrogens (primary N) is 1. The average molecular weight is 674 g/mol. The fraction of sp³-hybridized carbons (Fsp3) is 0.455. The molecule has 2 aliphatic heterocycles. The van der Waals surface area contributed by atoms with E-state index >= 15 is 0 Å². The van der Waals surface area contributed by atoms with E-state index in [-0.39, 0.29) is 29.0 Å². The van der Waals surface area contributed by atoms with Gasteiger partial charge in [-0.15, -0.1) is 0 Å². The van der Waals surface area contributed by atoms with Crippen LogP contribution < -0.4 is 20.5 Å². The Bertz CT molecular complexity index is 1710. The van der Waals surface area contributed by atoms with E-state index in [0.717, 1.165) is 22.9 Å². The van der Waals surface area contributed by atoms with Gasteiger partial charge in [0.25, 0.3) is 0 Å². The molecule has 3 aromatic carbocycles. The Morgan fingerprint density at radius 1 is 1.02 bits per heavy atom. The molecule has 5 rings (SSSR count). The molecule has 13 heteroatoms. The van der Waals surface area contributed by atoms with Gasteiger partial charge in [-0.3, -0.25) is 0 Å². The van der Waals surface area contributed by atoms with Crippen LogP contribution in [0.3, 0.4) is 0 Å². The van der Waals surface area contributed by atoms with Crippen molar-refractivity contribution < 1.29 is 36.2 Å². The molecule has 11 nitrogen and oxygen atoms in total. The molecule has 2 heterocycles. The van der Waals surface area contributed by atoms with E-state index < -0.39 is 31.6 Å². The Morgan fingerprint density at radius 3 is 2.41 bits per heavy atom. The molecule has 0 radical (unpaired) electrons. The lowest BCUT2D eigenvalue weighted by Crippen LogP contribution is -2.47. The number of hydrogen-bond acceptors (Lipinski definition) is 10. The topological polar surface area (TPSA) is 157 Å². The van der Waals surface area contributed by atoms with Gasteiger partial charge in [0, 0.05) is 38.5 Å². The third-order valence-electron chi connectivity index (χ3n) is 8.55. The Hall–Kier alpha value is -3.04. The fourth-order valence-corrected chi connectivity index (χ4v) is 8.20. The standard InChI is InChI=1S/C33H43N3O8S2/c1-3-42-31-12-11-26(25-9-7-24(20-34)8-10-25)17-32(31)46(40,41)36-15-13-33(14-16-36)19-27(22-44-33)35-21-28(37)23-43-29-5-4-6-30(18-29)45(2,38)39/h4-12,17-18,27-28,35,37H,3,13-16,19-23,34H2,1-2H3/t27-,28?/m0/s1. The quantitative estimate of drug-likeness (QED) is 0.247. The maximum atomic E-state index is 14.0. The number of sulfone groups is 1. The number of aliphatic hydroxyl groups is 1. The summed E-state index contributed by atoms with van der Waals surface area (Å²) in [5.41, 5.74) is 7.97. The summed E-state index contributed by atoms with van der Waals surface area (Å²) in [6, 6.07) is 19.2. The second kappa shape index (κ2) is 14.4. The summed E-state index contributed by atoms with van der Waals surface area (Å²) in [7, 11) is -7.20. The van der Waals surface area contributed by atoms with Gasteiger partial charge in [0.15, 0.2) is 9.84 Å². The summed E-state index contributed by atoms with van der Waals surface area (Å²) in [6.07, 6.45) is 2.11. The maximum Gasteiger partial charge on any atom is 0.246 e. The van der Waals surface area contributed by atoms with E-state index in [4.69, 9.17) is 19.9 Å². The molecular weight excluding hydrogens is 631 g/mol. The molecule has 0 saturated carbocycles. The predicted molar refractivity (Wildman–Crippen MR) is 175 cm³/mol. The molecule has 1 unspecified atom stereocenters. The molecule has 0 aliphatic carbocycles. The fourth-order valence-electron chi connectivity index (χ4n) is 5.94. The first kappa shape index (κ1) is 34.3.